The Hall–Kier alpha value is -2.80. The van der Waals surface area contributed by atoms with Gasteiger partial charge in [-0.25, -0.2) is 8.78 Å². The predicted molar refractivity (Wildman–Crippen MR) is 109 cm³/mol. The molecule has 2 amide bonds. The van der Waals surface area contributed by atoms with Crippen molar-refractivity contribution in [3.05, 3.63) is 70.8 Å². The van der Waals surface area contributed by atoms with Crippen molar-refractivity contribution in [2.45, 2.75) is 31.8 Å². The molecule has 7 heteroatoms. The third-order valence-corrected chi connectivity index (χ3v) is 5.94. The topological polar surface area (TPSA) is 52.7 Å². The fourth-order valence-corrected chi connectivity index (χ4v) is 4.38. The van der Waals surface area contributed by atoms with Gasteiger partial charge in [0.1, 0.15) is 11.6 Å². The van der Waals surface area contributed by atoms with E-state index in [1.54, 1.807) is 30.0 Å². The fourth-order valence-electron chi connectivity index (χ4n) is 4.38. The van der Waals surface area contributed by atoms with Crippen LogP contribution in [-0.2, 0) is 11.3 Å². The summed E-state index contributed by atoms with van der Waals surface area (Å²) >= 11 is 0. The Morgan fingerprint density at radius 2 is 1.97 bits per heavy atom. The van der Waals surface area contributed by atoms with Crippen molar-refractivity contribution in [2.75, 3.05) is 26.2 Å². The summed E-state index contributed by atoms with van der Waals surface area (Å²) in [6, 6.07) is 11.0. The molecule has 30 heavy (non-hydrogen) atoms. The standard InChI is InChI=1S/C23H25F2N3O2/c1-16-5-6-18(12-20(16)25)22(30)28-10-8-23(15-28)14-27(9-7-21(29)26-23)13-17-3-2-4-19(24)11-17/h2-6,11-12H,7-10,13-15H2,1H3,(H,26,29). The monoisotopic (exact) mass is 413 g/mol. The Balaban J connectivity index is 1.50. The number of carbonyl (C=O) groups is 2. The molecule has 158 valence electrons. The lowest BCUT2D eigenvalue weighted by Gasteiger charge is -2.33. The Morgan fingerprint density at radius 3 is 2.73 bits per heavy atom. The van der Waals surface area contributed by atoms with E-state index in [-0.39, 0.29) is 17.6 Å². The van der Waals surface area contributed by atoms with Gasteiger partial charge in [0.05, 0.1) is 5.54 Å². The molecule has 1 N–H and O–H groups in total. The zero-order valence-corrected chi connectivity index (χ0v) is 17.0. The molecule has 0 radical (unpaired) electrons. The molecule has 2 heterocycles. The van der Waals surface area contributed by atoms with E-state index in [2.05, 4.69) is 10.2 Å². The van der Waals surface area contributed by atoms with Crippen molar-refractivity contribution in [3.63, 3.8) is 0 Å². The molecule has 1 atom stereocenters. The van der Waals surface area contributed by atoms with Crippen molar-refractivity contribution >= 4 is 11.8 Å². The van der Waals surface area contributed by atoms with Gasteiger partial charge < -0.3 is 10.2 Å². The summed E-state index contributed by atoms with van der Waals surface area (Å²) in [6.45, 7) is 4.19. The van der Waals surface area contributed by atoms with E-state index in [4.69, 9.17) is 0 Å². The number of carbonyl (C=O) groups excluding carboxylic acids is 2. The molecule has 5 nitrogen and oxygen atoms in total. The van der Waals surface area contributed by atoms with E-state index in [1.807, 2.05) is 6.07 Å². The van der Waals surface area contributed by atoms with Gasteiger partial charge in [0.2, 0.25) is 5.91 Å². The van der Waals surface area contributed by atoms with E-state index in [9.17, 15) is 18.4 Å². The highest BCUT2D eigenvalue weighted by molar-refractivity contribution is 5.94. The second-order valence-electron chi connectivity index (χ2n) is 8.36. The highest BCUT2D eigenvalue weighted by atomic mass is 19.1. The molecular formula is C23H25F2N3O2. The Kier molecular flexibility index (Phi) is 5.56. The Morgan fingerprint density at radius 1 is 1.13 bits per heavy atom. The first-order valence-electron chi connectivity index (χ1n) is 10.2. The van der Waals surface area contributed by atoms with Crippen LogP contribution in [0.15, 0.2) is 42.5 Å². The minimum atomic E-state index is -0.556. The first kappa shape index (κ1) is 20.5. The van der Waals surface area contributed by atoms with Crippen LogP contribution >= 0.6 is 0 Å². The highest BCUT2D eigenvalue weighted by Crippen LogP contribution is 2.27. The number of nitrogens with zero attached hydrogens (tertiary/aromatic N) is 2. The van der Waals surface area contributed by atoms with Crippen molar-refractivity contribution in [3.8, 4) is 0 Å². The van der Waals surface area contributed by atoms with Crippen LogP contribution in [0.1, 0.15) is 34.3 Å². The molecule has 2 aliphatic heterocycles. The van der Waals surface area contributed by atoms with Crippen LogP contribution in [0.5, 0.6) is 0 Å². The number of amides is 2. The van der Waals surface area contributed by atoms with Crippen LogP contribution < -0.4 is 5.32 Å². The van der Waals surface area contributed by atoms with Crippen LogP contribution in [0.2, 0.25) is 0 Å². The quantitative estimate of drug-likeness (QED) is 0.842. The number of likely N-dealkylation sites (tertiary alicyclic amines) is 1. The molecule has 1 spiro atoms. The number of hydrogen-bond donors (Lipinski definition) is 1. The summed E-state index contributed by atoms with van der Waals surface area (Å²) in [5.74, 6) is -0.971. The second kappa shape index (κ2) is 8.14. The Bertz CT molecular complexity index is 981. The lowest BCUT2D eigenvalue weighted by molar-refractivity contribution is -0.122. The van der Waals surface area contributed by atoms with Crippen molar-refractivity contribution in [1.29, 1.82) is 0 Å². The van der Waals surface area contributed by atoms with Gasteiger partial charge in [0.15, 0.2) is 0 Å². The van der Waals surface area contributed by atoms with E-state index >= 15 is 0 Å². The summed E-state index contributed by atoms with van der Waals surface area (Å²) in [4.78, 5) is 29.1. The molecule has 2 aromatic rings. The molecule has 0 aliphatic carbocycles. The summed E-state index contributed by atoms with van der Waals surface area (Å²) < 4.78 is 27.5. The maximum Gasteiger partial charge on any atom is 0.254 e. The van der Waals surface area contributed by atoms with Gasteiger partial charge in [0.25, 0.3) is 5.91 Å². The van der Waals surface area contributed by atoms with Gasteiger partial charge in [0, 0.05) is 44.7 Å². The van der Waals surface area contributed by atoms with Crippen LogP contribution in [-0.4, -0.2) is 53.3 Å². The van der Waals surface area contributed by atoms with Gasteiger partial charge in [-0.15, -0.1) is 0 Å². The Labute approximate surface area is 174 Å². The van der Waals surface area contributed by atoms with Gasteiger partial charge in [-0.05, 0) is 48.7 Å². The van der Waals surface area contributed by atoms with Crippen LogP contribution in [0, 0.1) is 18.6 Å². The first-order valence-corrected chi connectivity index (χ1v) is 10.2. The molecule has 2 fully saturated rings. The molecule has 4 rings (SSSR count). The van der Waals surface area contributed by atoms with E-state index in [0.29, 0.717) is 56.7 Å². The molecule has 1 unspecified atom stereocenters. The third-order valence-electron chi connectivity index (χ3n) is 5.94. The van der Waals surface area contributed by atoms with E-state index in [0.717, 1.165) is 5.56 Å². The average Bonchev–Trinajstić information content (AvgIpc) is 3.03. The predicted octanol–water partition coefficient (Wildman–Crippen LogP) is 2.88. The molecule has 2 saturated heterocycles. The zero-order valence-electron chi connectivity index (χ0n) is 17.0. The minimum absolute atomic E-state index is 0.0487. The summed E-state index contributed by atoms with van der Waals surface area (Å²) in [6.07, 6.45) is 0.979. The van der Waals surface area contributed by atoms with E-state index < -0.39 is 11.4 Å². The summed E-state index contributed by atoms with van der Waals surface area (Å²) in [5, 5.41) is 3.12. The van der Waals surface area contributed by atoms with Gasteiger partial charge >= 0.3 is 0 Å². The maximum absolute atomic E-state index is 13.9. The fraction of sp³-hybridized carbons (Fsp3) is 0.391. The number of benzene rings is 2. The van der Waals surface area contributed by atoms with Crippen LogP contribution in [0.25, 0.3) is 0 Å². The smallest absolute Gasteiger partial charge is 0.254 e. The van der Waals surface area contributed by atoms with Crippen molar-refractivity contribution < 1.29 is 18.4 Å². The van der Waals surface area contributed by atoms with Gasteiger partial charge in [-0.1, -0.05) is 18.2 Å². The lowest BCUT2D eigenvalue weighted by atomic mass is 9.97. The molecule has 2 aliphatic rings. The van der Waals surface area contributed by atoms with Crippen LogP contribution in [0.3, 0.4) is 0 Å². The van der Waals surface area contributed by atoms with Crippen LogP contribution in [0.4, 0.5) is 8.78 Å². The SMILES string of the molecule is Cc1ccc(C(=O)N2CCC3(CN(Cc4cccc(F)c4)CCC(=O)N3)C2)cc1F. The molecule has 0 bridgehead atoms. The number of hydrogen-bond acceptors (Lipinski definition) is 3. The number of aryl methyl sites for hydroxylation is 1. The highest BCUT2D eigenvalue weighted by Gasteiger charge is 2.43. The number of nitrogens with one attached hydrogen (secondary N) is 1. The number of halogens is 2. The van der Waals surface area contributed by atoms with Gasteiger partial charge in [-0.2, -0.15) is 0 Å². The molecular weight excluding hydrogens is 388 g/mol. The van der Waals surface area contributed by atoms with Crippen molar-refractivity contribution in [1.82, 2.24) is 15.1 Å². The largest absolute Gasteiger partial charge is 0.347 e. The lowest BCUT2D eigenvalue weighted by Crippen LogP contribution is -2.55. The first-order chi connectivity index (χ1) is 14.3. The van der Waals surface area contributed by atoms with Gasteiger partial charge in [-0.3, -0.25) is 14.5 Å². The summed E-state index contributed by atoms with van der Waals surface area (Å²) in [7, 11) is 0. The maximum atomic E-state index is 13.9. The summed E-state index contributed by atoms with van der Waals surface area (Å²) in [5.41, 5.74) is 1.10. The molecule has 2 aromatic carbocycles. The zero-order chi connectivity index (χ0) is 21.3. The minimum Gasteiger partial charge on any atom is -0.347 e. The third kappa shape index (κ3) is 4.36. The second-order valence-corrected chi connectivity index (χ2v) is 8.36. The molecule has 0 aromatic heterocycles. The molecule has 0 saturated carbocycles. The van der Waals surface area contributed by atoms with E-state index in [1.165, 1.54) is 18.2 Å². The number of rotatable bonds is 3. The normalized spacial score (nSPS) is 22.2. The average molecular weight is 413 g/mol. The van der Waals surface area contributed by atoms with Crippen molar-refractivity contribution in [2.24, 2.45) is 0 Å².